The molecule has 3 aromatic rings. The minimum Gasteiger partial charge on any atom is -0.497 e. The molecule has 4 atom stereocenters. The molecule has 1 aliphatic heterocycles. The molecule has 0 bridgehead atoms. The summed E-state index contributed by atoms with van der Waals surface area (Å²) in [5.74, 6) is 0.879. The molecule has 10 nitrogen and oxygen atoms in total. The zero-order valence-electron chi connectivity index (χ0n) is 22.3. The molecule has 1 aliphatic carbocycles. The van der Waals surface area contributed by atoms with Crippen molar-refractivity contribution in [3.63, 3.8) is 0 Å². The number of sulfonamides is 1. The van der Waals surface area contributed by atoms with E-state index in [4.69, 9.17) is 9.47 Å². The third kappa shape index (κ3) is 6.46. The summed E-state index contributed by atoms with van der Waals surface area (Å²) in [5, 5.41) is 32.0. The van der Waals surface area contributed by atoms with Gasteiger partial charge in [0.2, 0.25) is 10.0 Å². The quantitative estimate of drug-likeness (QED) is 0.370. The van der Waals surface area contributed by atoms with Crippen LogP contribution in [0.4, 0.5) is 0 Å². The average Bonchev–Trinajstić information content (AvgIpc) is 3.23. The van der Waals surface area contributed by atoms with Gasteiger partial charge < -0.3 is 24.8 Å². The van der Waals surface area contributed by atoms with E-state index in [0.717, 1.165) is 22.4 Å². The topological polar surface area (TPSA) is 141 Å². The molecule has 1 aromatic heterocycles. The lowest BCUT2D eigenvalue weighted by Crippen LogP contribution is -2.46. The van der Waals surface area contributed by atoms with Crippen molar-refractivity contribution in [3.8, 4) is 22.6 Å². The Kier molecular flexibility index (Phi) is 8.41. The molecule has 4 N–H and O–H groups in total. The van der Waals surface area contributed by atoms with Crippen molar-refractivity contribution in [2.75, 3.05) is 33.4 Å². The first-order valence-electron chi connectivity index (χ1n) is 13.2. The molecule has 1 fully saturated rings. The Balaban J connectivity index is 1.51. The fraction of sp³-hybridized carbons (Fsp3) is 0.414. The second kappa shape index (κ2) is 11.8. The Labute approximate surface area is 234 Å². The van der Waals surface area contributed by atoms with E-state index in [1.807, 2.05) is 35.2 Å². The Bertz CT molecular complexity index is 1390. The predicted octanol–water partition coefficient (Wildman–Crippen LogP) is 1.79. The van der Waals surface area contributed by atoms with Crippen molar-refractivity contribution >= 4 is 10.0 Å². The van der Waals surface area contributed by atoms with Gasteiger partial charge in [-0.1, -0.05) is 24.3 Å². The van der Waals surface area contributed by atoms with Crippen LogP contribution in [0.2, 0.25) is 0 Å². The molecule has 2 aliphatic rings. The van der Waals surface area contributed by atoms with Gasteiger partial charge in [0.25, 0.3) is 0 Å². The third-order valence-electron chi connectivity index (χ3n) is 7.59. The summed E-state index contributed by atoms with van der Waals surface area (Å²) in [4.78, 5) is 6.13. The summed E-state index contributed by atoms with van der Waals surface area (Å²) < 4.78 is 40.7. The van der Waals surface area contributed by atoms with Gasteiger partial charge in [-0.3, -0.25) is 9.88 Å². The highest BCUT2D eigenvalue weighted by atomic mass is 32.2. The van der Waals surface area contributed by atoms with Crippen LogP contribution >= 0.6 is 0 Å². The lowest BCUT2D eigenvalue weighted by atomic mass is 9.85. The molecular weight excluding hydrogens is 534 g/mol. The van der Waals surface area contributed by atoms with E-state index in [0.29, 0.717) is 13.1 Å². The molecule has 0 saturated heterocycles. The highest BCUT2D eigenvalue weighted by Gasteiger charge is 2.46. The minimum atomic E-state index is -4.02. The van der Waals surface area contributed by atoms with E-state index in [2.05, 4.69) is 9.71 Å². The van der Waals surface area contributed by atoms with Crippen LogP contribution in [0.15, 0.2) is 71.9 Å². The molecule has 1 saturated carbocycles. The van der Waals surface area contributed by atoms with Gasteiger partial charge in [0.05, 0.1) is 32.0 Å². The number of ether oxygens (including phenoxy) is 2. The number of benzene rings is 2. The van der Waals surface area contributed by atoms with Crippen LogP contribution in [0.25, 0.3) is 11.1 Å². The highest BCUT2D eigenvalue weighted by Crippen LogP contribution is 2.41. The smallest absolute Gasteiger partial charge is 0.244 e. The number of β-amino-alcohol motifs (C(OH)–C–C–N with tert-alkyl or cyclic N) is 1. The van der Waals surface area contributed by atoms with Crippen molar-refractivity contribution in [1.82, 2.24) is 14.6 Å². The summed E-state index contributed by atoms with van der Waals surface area (Å²) in [6, 6.07) is 16.1. The number of pyridine rings is 1. The summed E-state index contributed by atoms with van der Waals surface area (Å²) in [5.41, 5.74) is 1.81. The molecule has 214 valence electrons. The fourth-order valence-corrected chi connectivity index (χ4v) is 6.81. The number of aliphatic hydroxyl groups is 3. The van der Waals surface area contributed by atoms with Gasteiger partial charge in [-0.05, 0) is 54.3 Å². The fourth-order valence-electron chi connectivity index (χ4n) is 5.62. The molecule has 0 radical (unpaired) electrons. The van der Waals surface area contributed by atoms with Gasteiger partial charge in [-0.15, -0.1) is 0 Å². The number of methoxy groups -OCH3 is 1. The molecule has 11 heteroatoms. The normalized spacial score (nSPS) is 27.2. The number of nitrogens with zero attached hydrogens (tertiary/aromatic N) is 2. The molecule has 0 amide bonds. The second-order valence-electron chi connectivity index (χ2n) is 10.8. The molecular formula is C29H35N3O7S. The number of nitrogens with one attached hydrogen (secondary N) is 1. The van der Waals surface area contributed by atoms with Crippen LogP contribution in [0.5, 0.6) is 11.5 Å². The van der Waals surface area contributed by atoms with E-state index >= 15 is 0 Å². The molecule has 2 heterocycles. The number of rotatable bonds is 4. The summed E-state index contributed by atoms with van der Waals surface area (Å²) in [6.45, 7) is 0.923. The number of fused-ring (bicyclic) bond motifs is 1. The van der Waals surface area contributed by atoms with Crippen molar-refractivity contribution in [1.29, 1.82) is 0 Å². The van der Waals surface area contributed by atoms with Crippen LogP contribution in [0.1, 0.15) is 18.4 Å². The van der Waals surface area contributed by atoms with Gasteiger partial charge in [-0.25, -0.2) is 13.1 Å². The van der Waals surface area contributed by atoms with Gasteiger partial charge in [0.15, 0.2) is 0 Å². The second-order valence-corrected chi connectivity index (χ2v) is 12.5. The Morgan fingerprint density at radius 3 is 2.50 bits per heavy atom. The van der Waals surface area contributed by atoms with Crippen LogP contribution in [0.3, 0.4) is 0 Å². The number of aliphatic hydroxyl groups excluding tert-OH is 3. The van der Waals surface area contributed by atoms with Crippen molar-refractivity contribution in [2.45, 2.75) is 42.6 Å². The van der Waals surface area contributed by atoms with E-state index in [1.165, 1.54) is 6.07 Å². The summed E-state index contributed by atoms with van der Waals surface area (Å²) >= 11 is 0. The van der Waals surface area contributed by atoms with Crippen LogP contribution in [-0.4, -0.2) is 85.3 Å². The first-order valence-corrected chi connectivity index (χ1v) is 14.7. The zero-order chi connectivity index (χ0) is 28.3. The maximum Gasteiger partial charge on any atom is 0.244 e. The zero-order valence-corrected chi connectivity index (χ0v) is 23.1. The largest absolute Gasteiger partial charge is 0.497 e. The maximum absolute atomic E-state index is 13.3. The Morgan fingerprint density at radius 1 is 1.07 bits per heavy atom. The van der Waals surface area contributed by atoms with E-state index in [-0.39, 0.29) is 43.2 Å². The van der Waals surface area contributed by atoms with E-state index in [9.17, 15) is 23.7 Å². The van der Waals surface area contributed by atoms with Crippen LogP contribution in [-0.2, 0) is 16.6 Å². The molecule has 40 heavy (non-hydrogen) atoms. The maximum atomic E-state index is 13.3. The van der Waals surface area contributed by atoms with Gasteiger partial charge in [0, 0.05) is 49.6 Å². The summed E-state index contributed by atoms with van der Waals surface area (Å²) in [7, 11) is -2.43. The Morgan fingerprint density at radius 2 is 1.82 bits per heavy atom. The van der Waals surface area contributed by atoms with Crippen molar-refractivity contribution < 1.29 is 33.2 Å². The average molecular weight is 570 g/mol. The first-order chi connectivity index (χ1) is 19.2. The molecule has 1 spiro atoms. The molecule has 5 rings (SSSR count). The number of aromatic nitrogens is 1. The standard InChI is InChI=1S/C29H35N3O7S/c1-38-24-7-4-20(5-8-24)16-32-17-23(33)15-31-40(36,37)28-9-6-21(22-3-2-10-30-14-22)11-27(28)39-19-29(18-32)12-25(34)26(35)13-29/h2-11,14,23,25-26,31,33-35H,12-13,15-19H2,1H3/t23-,25-,26+,29?/m0/s1. The minimum absolute atomic E-state index is 0.0442. The SMILES string of the molecule is COc1ccc(CN2C[C@@H](O)CNS(=O)(=O)c3ccc(-c4cccnc4)cc3OCC3(C[C@@H](O)[C@@H](O)C3)C2)cc1. The first kappa shape index (κ1) is 28.5. The molecule has 1 unspecified atom stereocenters. The lowest BCUT2D eigenvalue weighted by Gasteiger charge is -2.37. The van der Waals surface area contributed by atoms with Gasteiger partial charge in [-0.2, -0.15) is 0 Å². The van der Waals surface area contributed by atoms with Crippen molar-refractivity contribution in [3.05, 3.63) is 72.6 Å². The number of hydrogen-bond acceptors (Lipinski definition) is 9. The number of hydrogen-bond donors (Lipinski definition) is 4. The lowest BCUT2D eigenvalue weighted by molar-refractivity contribution is 0.0427. The molecule has 2 aromatic carbocycles. The van der Waals surface area contributed by atoms with E-state index < -0.39 is 33.8 Å². The van der Waals surface area contributed by atoms with E-state index in [1.54, 1.807) is 37.7 Å². The van der Waals surface area contributed by atoms with Gasteiger partial charge in [0.1, 0.15) is 16.4 Å². The third-order valence-corrected chi connectivity index (χ3v) is 9.06. The highest BCUT2D eigenvalue weighted by molar-refractivity contribution is 7.89. The summed E-state index contributed by atoms with van der Waals surface area (Å²) in [6.07, 6.45) is 1.01. The van der Waals surface area contributed by atoms with Crippen molar-refractivity contribution in [2.24, 2.45) is 5.41 Å². The Hall–Kier alpha value is -3.06. The predicted molar refractivity (Wildman–Crippen MR) is 148 cm³/mol. The van der Waals surface area contributed by atoms with Crippen LogP contribution in [0, 0.1) is 5.41 Å². The monoisotopic (exact) mass is 569 g/mol. The van der Waals surface area contributed by atoms with Crippen LogP contribution < -0.4 is 14.2 Å². The van der Waals surface area contributed by atoms with Gasteiger partial charge >= 0.3 is 0 Å².